The second kappa shape index (κ2) is 8.15. The maximum absolute atomic E-state index is 11.8. The Hall–Kier alpha value is -1.10. The number of carbonyl (C=O) groups excluding carboxylic acids is 2. The van der Waals surface area contributed by atoms with Gasteiger partial charge in [0.2, 0.25) is 11.8 Å². The maximum atomic E-state index is 11.8. The summed E-state index contributed by atoms with van der Waals surface area (Å²) in [6, 6.07) is 0. The van der Waals surface area contributed by atoms with E-state index in [1.807, 2.05) is 6.92 Å². The summed E-state index contributed by atoms with van der Waals surface area (Å²) in [5.41, 5.74) is 5.89. The van der Waals surface area contributed by atoms with Gasteiger partial charge in [-0.25, -0.2) is 0 Å². The Morgan fingerprint density at radius 2 is 1.68 bits per heavy atom. The highest BCUT2D eigenvalue weighted by molar-refractivity contribution is 5.79. The van der Waals surface area contributed by atoms with Crippen LogP contribution in [-0.2, 0) is 9.59 Å². The van der Waals surface area contributed by atoms with Crippen LogP contribution in [0.2, 0.25) is 0 Å². The molecule has 0 atom stereocenters. The fraction of sp³-hybridized carbons (Fsp3) is 0.857. The van der Waals surface area contributed by atoms with Gasteiger partial charge in [-0.15, -0.1) is 0 Å². The van der Waals surface area contributed by atoms with E-state index in [9.17, 15) is 9.59 Å². The quantitative estimate of drug-likeness (QED) is 0.646. The highest BCUT2D eigenvalue weighted by Crippen LogP contribution is 2.28. The summed E-state index contributed by atoms with van der Waals surface area (Å²) in [5, 5.41) is 5.56. The lowest BCUT2D eigenvalue weighted by Crippen LogP contribution is -2.46. The van der Waals surface area contributed by atoms with Crippen LogP contribution in [0.4, 0.5) is 0 Å². The molecule has 1 saturated carbocycles. The number of nitrogens with one attached hydrogen (secondary N) is 2. The molecule has 19 heavy (non-hydrogen) atoms. The van der Waals surface area contributed by atoms with Crippen molar-refractivity contribution in [3.63, 3.8) is 0 Å². The Morgan fingerprint density at radius 1 is 1.05 bits per heavy atom. The molecular weight excluding hydrogens is 242 g/mol. The van der Waals surface area contributed by atoms with E-state index in [0.29, 0.717) is 25.9 Å². The van der Waals surface area contributed by atoms with Crippen LogP contribution in [0.5, 0.6) is 0 Å². The molecule has 0 aromatic rings. The first-order valence-corrected chi connectivity index (χ1v) is 7.38. The first-order chi connectivity index (χ1) is 9.06. The number of rotatable bonds is 7. The highest BCUT2D eigenvalue weighted by Gasteiger charge is 2.29. The van der Waals surface area contributed by atoms with Gasteiger partial charge in [0.1, 0.15) is 0 Å². The van der Waals surface area contributed by atoms with Crippen molar-refractivity contribution in [3.05, 3.63) is 0 Å². The molecule has 1 rings (SSSR count). The van der Waals surface area contributed by atoms with E-state index in [1.54, 1.807) is 0 Å². The van der Waals surface area contributed by atoms with Crippen LogP contribution < -0.4 is 16.4 Å². The molecule has 1 fully saturated rings. The molecule has 0 aliphatic heterocycles. The van der Waals surface area contributed by atoms with Crippen molar-refractivity contribution >= 4 is 11.8 Å². The first kappa shape index (κ1) is 16.0. The monoisotopic (exact) mass is 269 g/mol. The molecule has 0 aromatic heterocycles. The van der Waals surface area contributed by atoms with Crippen LogP contribution >= 0.6 is 0 Å². The lowest BCUT2D eigenvalue weighted by atomic mass is 9.80. The van der Waals surface area contributed by atoms with E-state index in [0.717, 1.165) is 32.1 Å². The van der Waals surface area contributed by atoms with E-state index in [1.165, 1.54) is 6.42 Å². The summed E-state index contributed by atoms with van der Waals surface area (Å²) in [6.45, 7) is 3.09. The molecule has 0 unspecified atom stereocenters. The van der Waals surface area contributed by atoms with Gasteiger partial charge in [-0.05, 0) is 19.3 Å². The number of nitrogens with two attached hydrogens (primary N) is 1. The topological polar surface area (TPSA) is 84.2 Å². The van der Waals surface area contributed by atoms with E-state index < -0.39 is 0 Å². The first-order valence-electron chi connectivity index (χ1n) is 7.38. The number of carbonyl (C=O) groups is 2. The summed E-state index contributed by atoms with van der Waals surface area (Å²) >= 11 is 0. The molecule has 2 amide bonds. The minimum Gasteiger partial charge on any atom is -0.356 e. The second-order valence-electron chi connectivity index (χ2n) is 5.55. The predicted octanol–water partition coefficient (Wildman–Crippen LogP) is 1.07. The standard InChI is InChI=1S/C14H27N3O2/c1-2-9-16-12(18)6-10-17-13(19)11-14(15)7-4-3-5-8-14/h2-11,15H2,1H3,(H,16,18)(H,17,19). The normalized spacial score (nSPS) is 17.8. The lowest BCUT2D eigenvalue weighted by molar-refractivity contribution is -0.123. The smallest absolute Gasteiger partial charge is 0.221 e. The Balaban J connectivity index is 2.15. The SMILES string of the molecule is CCCNC(=O)CCNC(=O)CC1(N)CCCCC1. The van der Waals surface area contributed by atoms with Gasteiger partial charge in [0, 0.05) is 31.5 Å². The summed E-state index contributed by atoms with van der Waals surface area (Å²) in [7, 11) is 0. The molecule has 5 nitrogen and oxygen atoms in total. The summed E-state index contributed by atoms with van der Waals surface area (Å²) in [4.78, 5) is 23.1. The third-order valence-electron chi connectivity index (χ3n) is 3.61. The number of hydrogen-bond acceptors (Lipinski definition) is 3. The molecule has 1 aliphatic carbocycles. The molecule has 0 heterocycles. The molecule has 0 saturated heterocycles. The van der Waals surface area contributed by atoms with Crippen LogP contribution in [0.25, 0.3) is 0 Å². The summed E-state index contributed by atoms with van der Waals surface area (Å²) < 4.78 is 0. The van der Waals surface area contributed by atoms with E-state index in [4.69, 9.17) is 5.73 Å². The Bertz CT molecular complexity index is 299. The van der Waals surface area contributed by atoms with Gasteiger partial charge in [-0.2, -0.15) is 0 Å². The van der Waals surface area contributed by atoms with Crippen LogP contribution in [-0.4, -0.2) is 30.4 Å². The molecule has 5 heteroatoms. The molecule has 0 spiro atoms. The van der Waals surface area contributed by atoms with Crippen LogP contribution in [0.3, 0.4) is 0 Å². The fourth-order valence-corrected chi connectivity index (χ4v) is 2.48. The average Bonchev–Trinajstić information content (AvgIpc) is 2.36. The number of hydrogen-bond donors (Lipinski definition) is 3. The van der Waals surface area contributed by atoms with Gasteiger partial charge < -0.3 is 16.4 Å². The van der Waals surface area contributed by atoms with Crippen molar-refractivity contribution in [1.82, 2.24) is 10.6 Å². The predicted molar refractivity (Wildman–Crippen MR) is 75.5 cm³/mol. The van der Waals surface area contributed by atoms with Crippen molar-refractivity contribution in [2.45, 2.75) is 63.8 Å². The van der Waals surface area contributed by atoms with Gasteiger partial charge >= 0.3 is 0 Å². The van der Waals surface area contributed by atoms with Crippen LogP contribution in [0.1, 0.15) is 58.3 Å². The highest BCUT2D eigenvalue weighted by atomic mass is 16.2. The zero-order chi connectivity index (χ0) is 14.1. The molecule has 0 radical (unpaired) electrons. The average molecular weight is 269 g/mol. The minimum atomic E-state index is -0.327. The molecule has 0 aromatic carbocycles. The molecule has 0 bridgehead atoms. The fourth-order valence-electron chi connectivity index (χ4n) is 2.48. The Morgan fingerprint density at radius 3 is 2.32 bits per heavy atom. The van der Waals surface area contributed by atoms with Crippen molar-refractivity contribution in [1.29, 1.82) is 0 Å². The van der Waals surface area contributed by atoms with Gasteiger partial charge in [-0.1, -0.05) is 26.2 Å². The van der Waals surface area contributed by atoms with Crippen molar-refractivity contribution in [3.8, 4) is 0 Å². The van der Waals surface area contributed by atoms with Crippen molar-refractivity contribution in [2.75, 3.05) is 13.1 Å². The van der Waals surface area contributed by atoms with Crippen molar-refractivity contribution in [2.24, 2.45) is 5.73 Å². The van der Waals surface area contributed by atoms with Gasteiger partial charge in [0.05, 0.1) is 0 Å². The van der Waals surface area contributed by atoms with Crippen LogP contribution in [0, 0.1) is 0 Å². The molecule has 1 aliphatic rings. The molecule has 110 valence electrons. The summed E-state index contributed by atoms with van der Waals surface area (Å²) in [6.07, 6.45) is 6.94. The molecule has 4 N–H and O–H groups in total. The summed E-state index contributed by atoms with van der Waals surface area (Å²) in [5.74, 6) is -0.0463. The number of amides is 2. The van der Waals surface area contributed by atoms with Gasteiger partial charge in [0.25, 0.3) is 0 Å². The third kappa shape index (κ3) is 6.57. The Kier molecular flexibility index (Phi) is 6.84. The maximum Gasteiger partial charge on any atom is 0.221 e. The lowest BCUT2D eigenvalue weighted by Gasteiger charge is -2.32. The van der Waals surface area contributed by atoms with Crippen LogP contribution in [0.15, 0.2) is 0 Å². The third-order valence-corrected chi connectivity index (χ3v) is 3.61. The minimum absolute atomic E-state index is 0.0118. The molecular formula is C14H27N3O2. The van der Waals surface area contributed by atoms with E-state index in [2.05, 4.69) is 10.6 Å². The zero-order valence-electron chi connectivity index (χ0n) is 12.0. The Labute approximate surface area is 115 Å². The zero-order valence-corrected chi connectivity index (χ0v) is 12.0. The van der Waals surface area contributed by atoms with E-state index in [-0.39, 0.29) is 17.4 Å². The second-order valence-corrected chi connectivity index (χ2v) is 5.55. The van der Waals surface area contributed by atoms with Crippen molar-refractivity contribution < 1.29 is 9.59 Å². The van der Waals surface area contributed by atoms with Gasteiger partial charge in [0.15, 0.2) is 0 Å². The van der Waals surface area contributed by atoms with E-state index >= 15 is 0 Å². The largest absolute Gasteiger partial charge is 0.356 e. The van der Waals surface area contributed by atoms with Gasteiger partial charge in [-0.3, -0.25) is 9.59 Å².